The number of ketones is 1. The molecule has 3 heteroatoms. The lowest BCUT2D eigenvalue weighted by Gasteiger charge is -2.03. The number of carbonyl (C=O) groups is 1. The summed E-state index contributed by atoms with van der Waals surface area (Å²) in [5, 5.41) is 0.866. The Morgan fingerprint density at radius 3 is 1.88 bits per heavy atom. The normalized spacial score (nSPS) is 10.6. The quantitative estimate of drug-likeness (QED) is 0.445. The summed E-state index contributed by atoms with van der Waals surface area (Å²) in [5.41, 5.74) is 3.96. The van der Waals surface area contributed by atoms with E-state index in [4.69, 9.17) is 0 Å². The van der Waals surface area contributed by atoms with Crippen LogP contribution < -0.4 is 0 Å². The molecule has 0 aliphatic rings. The van der Waals surface area contributed by atoms with Gasteiger partial charge < -0.3 is 0 Å². The van der Waals surface area contributed by atoms with Crippen LogP contribution in [0.4, 0.5) is 0 Å². The molecule has 1 aromatic heterocycles. The van der Waals surface area contributed by atoms with Crippen LogP contribution in [-0.4, -0.2) is 10.8 Å². The second-order valence-electron chi connectivity index (χ2n) is 5.67. The van der Waals surface area contributed by atoms with Crippen LogP contribution in [0, 0.1) is 0 Å². The van der Waals surface area contributed by atoms with Gasteiger partial charge in [-0.25, -0.2) is 4.98 Å². The van der Waals surface area contributed by atoms with E-state index >= 15 is 0 Å². The van der Waals surface area contributed by atoms with Crippen molar-refractivity contribution in [2.45, 2.75) is 0 Å². The molecule has 0 atom stereocenters. The van der Waals surface area contributed by atoms with Crippen molar-refractivity contribution in [2.24, 2.45) is 0 Å². The minimum absolute atomic E-state index is 0.0132. The van der Waals surface area contributed by atoms with Gasteiger partial charge in [0.05, 0.1) is 4.88 Å². The van der Waals surface area contributed by atoms with Gasteiger partial charge in [0.1, 0.15) is 5.01 Å². The first-order chi connectivity index (χ1) is 12.3. The maximum Gasteiger partial charge on any atom is 0.204 e. The van der Waals surface area contributed by atoms with Crippen LogP contribution in [0.2, 0.25) is 0 Å². The van der Waals surface area contributed by atoms with Gasteiger partial charge in [-0.05, 0) is 11.1 Å². The lowest BCUT2D eigenvalue weighted by molar-refractivity contribution is 0.104. The fraction of sp³-hybridized carbons (Fsp3) is 0. The third-order valence-electron chi connectivity index (χ3n) is 4.00. The highest BCUT2D eigenvalue weighted by atomic mass is 32.1. The molecule has 0 fully saturated rings. The van der Waals surface area contributed by atoms with E-state index in [1.165, 1.54) is 11.3 Å². The Bertz CT molecular complexity index is 989. The molecule has 4 rings (SSSR count). The van der Waals surface area contributed by atoms with Gasteiger partial charge in [-0.2, -0.15) is 0 Å². The van der Waals surface area contributed by atoms with Crippen LogP contribution in [0.3, 0.4) is 0 Å². The van der Waals surface area contributed by atoms with E-state index in [0.29, 0.717) is 10.4 Å². The molecule has 0 amide bonds. The van der Waals surface area contributed by atoms with Gasteiger partial charge in [0.2, 0.25) is 5.78 Å². The van der Waals surface area contributed by atoms with Crippen molar-refractivity contribution >= 4 is 17.1 Å². The highest BCUT2D eigenvalue weighted by Crippen LogP contribution is 2.27. The molecule has 0 aliphatic carbocycles. The molecule has 25 heavy (non-hydrogen) atoms. The smallest absolute Gasteiger partial charge is 0.204 e. The second-order valence-corrected chi connectivity index (χ2v) is 6.70. The van der Waals surface area contributed by atoms with Gasteiger partial charge >= 0.3 is 0 Å². The highest BCUT2D eigenvalue weighted by Gasteiger charge is 2.14. The van der Waals surface area contributed by atoms with E-state index in [1.807, 2.05) is 72.8 Å². The average Bonchev–Trinajstić information content (AvgIpc) is 3.19. The summed E-state index contributed by atoms with van der Waals surface area (Å²) in [6.45, 7) is 0. The number of hydrogen-bond donors (Lipinski definition) is 0. The van der Waals surface area contributed by atoms with Crippen molar-refractivity contribution in [2.75, 3.05) is 0 Å². The largest absolute Gasteiger partial charge is 0.288 e. The van der Waals surface area contributed by atoms with Gasteiger partial charge in [-0.15, -0.1) is 11.3 Å². The summed E-state index contributed by atoms with van der Waals surface area (Å²) in [5.74, 6) is 0.0132. The zero-order chi connectivity index (χ0) is 17.1. The number of nitrogens with zero attached hydrogens (tertiary/aromatic N) is 1. The Kier molecular flexibility index (Phi) is 4.23. The molecule has 0 bridgehead atoms. The Morgan fingerprint density at radius 2 is 1.24 bits per heavy atom. The molecule has 0 saturated heterocycles. The molecule has 0 unspecified atom stereocenters. The third kappa shape index (κ3) is 3.28. The van der Waals surface area contributed by atoms with Gasteiger partial charge in [0.25, 0.3) is 0 Å². The molecular formula is C22H15NOS. The van der Waals surface area contributed by atoms with Crippen molar-refractivity contribution in [3.05, 3.63) is 102 Å². The monoisotopic (exact) mass is 341 g/mol. The van der Waals surface area contributed by atoms with Crippen molar-refractivity contribution in [1.29, 1.82) is 0 Å². The molecule has 0 radical (unpaired) electrons. The standard InChI is InChI=1S/C22H15NOS/c24-21(20-15-23-22(25-20)19-9-5-2-6-10-19)18-13-11-17(12-14-18)16-7-3-1-4-8-16/h1-15H. The molecule has 0 spiro atoms. The molecule has 4 aromatic rings. The predicted molar refractivity (Wildman–Crippen MR) is 103 cm³/mol. The number of hydrogen-bond acceptors (Lipinski definition) is 3. The van der Waals surface area contributed by atoms with E-state index < -0.39 is 0 Å². The minimum Gasteiger partial charge on any atom is -0.288 e. The number of thiazole rings is 1. The summed E-state index contributed by atoms with van der Waals surface area (Å²) in [6.07, 6.45) is 1.67. The van der Waals surface area contributed by atoms with Crippen LogP contribution in [0.5, 0.6) is 0 Å². The SMILES string of the molecule is O=C(c1ccc(-c2ccccc2)cc1)c1cnc(-c2ccccc2)s1. The number of rotatable bonds is 4. The predicted octanol–water partition coefficient (Wildman–Crippen LogP) is 5.71. The van der Waals surface area contributed by atoms with Gasteiger partial charge in [-0.1, -0.05) is 84.9 Å². The molecule has 2 nitrogen and oxygen atoms in total. The first kappa shape index (κ1) is 15.5. The highest BCUT2D eigenvalue weighted by molar-refractivity contribution is 7.17. The van der Waals surface area contributed by atoms with Gasteiger partial charge in [0.15, 0.2) is 0 Å². The lowest BCUT2D eigenvalue weighted by atomic mass is 10.0. The van der Waals surface area contributed by atoms with E-state index in [9.17, 15) is 4.79 Å². The van der Waals surface area contributed by atoms with Gasteiger partial charge in [-0.3, -0.25) is 4.79 Å². The van der Waals surface area contributed by atoms with Crippen LogP contribution in [-0.2, 0) is 0 Å². The van der Waals surface area contributed by atoms with Gasteiger partial charge in [0, 0.05) is 17.3 Å². The lowest BCUT2D eigenvalue weighted by Crippen LogP contribution is -1.98. The maximum atomic E-state index is 12.7. The van der Waals surface area contributed by atoms with Crippen LogP contribution in [0.15, 0.2) is 91.1 Å². The fourth-order valence-electron chi connectivity index (χ4n) is 2.68. The molecule has 0 saturated carbocycles. The first-order valence-electron chi connectivity index (χ1n) is 8.03. The maximum absolute atomic E-state index is 12.7. The third-order valence-corrected chi connectivity index (χ3v) is 5.05. The summed E-state index contributed by atoms with van der Waals surface area (Å²) >= 11 is 1.43. The Labute approximate surface area is 150 Å². The minimum atomic E-state index is 0.0132. The number of aromatic nitrogens is 1. The van der Waals surface area contributed by atoms with E-state index in [2.05, 4.69) is 17.1 Å². The van der Waals surface area contributed by atoms with Crippen molar-refractivity contribution < 1.29 is 4.79 Å². The summed E-state index contributed by atoms with van der Waals surface area (Å²) in [6, 6.07) is 27.8. The van der Waals surface area contributed by atoms with Crippen molar-refractivity contribution in [3.63, 3.8) is 0 Å². The second kappa shape index (κ2) is 6.83. The van der Waals surface area contributed by atoms with E-state index in [1.54, 1.807) is 6.20 Å². The van der Waals surface area contributed by atoms with Crippen LogP contribution in [0.1, 0.15) is 15.2 Å². The molecule has 0 aliphatic heterocycles. The van der Waals surface area contributed by atoms with Crippen LogP contribution in [0.25, 0.3) is 21.7 Å². The number of benzene rings is 3. The molecule has 120 valence electrons. The Balaban J connectivity index is 1.58. The zero-order valence-electron chi connectivity index (χ0n) is 13.4. The van der Waals surface area contributed by atoms with Crippen LogP contribution >= 0.6 is 11.3 Å². The molecule has 3 aromatic carbocycles. The molecule has 0 N–H and O–H groups in total. The average molecular weight is 341 g/mol. The molecular weight excluding hydrogens is 326 g/mol. The Hall–Kier alpha value is -3.04. The van der Waals surface area contributed by atoms with Crippen molar-refractivity contribution in [3.8, 4) is 21.7 Å². The summed E-state index contributed by atoms with van der Waals surface area (Å²) in [7, 11) is 0. The summed E-state index contributed by atoms with van der Waals surface area (Å²) in [4.78, 5) is 17.8. The zero-order valence-corrected chi connectivity index (χ0v) is 14.2. The fourth-order valence-corrected chi connectivity index (χ4v) is 3.56. The molecule has 1 heterocycles. The van der Waals surface area contributed by atoms with E-state index in [0.717, 1.165) is 21.7 Å². The topological polar surface area (TPSA) is 30.0 Å². The van der Waals surface area contributed by atoms with Crippen molar-refractivity contribution in [1.82, 2.24) is 4.98 Å². The Morgan fingerprint density at radius 1 is 0.680 bits per heavy atom. The number of carbonyl (C=O) groups excluding carboxylic acids is 1. The first-order valence-corrected chi connectivity index (χ1v) is 8.84. The van der Waals surface area contributed by atoms with E-state index in [-0.39, 0.29) is 5.78 Å². The summed E-state index contributed by atoms with van der Waals surface area (Å²) < 4.78 is 0.